The van der Waals surface area contributed by atoms with Crippen LogP contribution in [0.4, 0.5) is 11.6 Å². The lowest BCUT2D eigenvalue weighted by Crippen LogP contribution is -2.55. The zero-order chi connectivity index (χ0) is 22.3. The number of aliphatic hydroxyl groups is 1. The first-order chi connectivity index (χ1) is 14.8. The molecule has 8 heteroatoms. The Labute approximate surface area is 181 Å². The highest BCUT2D eigenvalue weighted by molar-refractivity contribution is 6.10. The van der Waals surface area contributed by atoms with E-state index in [0.29, 0.717) is 29.8 Å². The van der Waals surface area contributed by atoms with Crippen molar-refractivity contribution in [2.75, 3.05) is 23.7 Å². The second kappa shape index (κ2) is 8.28. The van der Waals surface area contributed by atoms with Gasteiger partial charge in [0.25, 0.3) is 0 Å². The van der Waals surface area contributed by atoms with E-state index < -0.39 is 6.10 Å². The van der Waals surface area contributed by atoms with Gasteiger partial charge in [0, 0.05) is 61.3 Å². The van der Waals surface area contributed by atoms with E-state index in [-0.39, 0.29) is 36.0 Å². The molecular weight excluding hydrogens is 394 g/mol. The number of aliphatic hydroxyl groups excluding tert-OH is 1. The van der Waals surface area contributed by atoms with E-state index in [1.165, 1.54) is 0 Å². The summed E-state index contributed by atoms with van der Waals surface area (Å²) < 4.78 is 5.66. The first-order valence-electron chi connectivity index (χ1n) is 10.6. The van der Waals surface area contributed by atoms with E-state index in [2.05, 4.69) is 28.7 Å². The number of furan rings is 1. The number of anilines is 2. The molecule has 1 aliphatic rings. The Morgan fingerprint density at radius 1 is 1.35 bits per heavy atom. The smallest absolute Gasteiger partial charge is 0.204 e. The van der Waals surface area contributed by atoms with Crippen LogP contribution in [0.3, 0.4) is 0 Å². The van der Waals surface area contributed by atoms with Gasteiger partial charge in [-0.05, 0) is 23.6 Å². The molecule has 3 aromatic rings. The van der Waals surface area contributed by atoms with E-state index in [9.17, 15) is 9.90 Å². The Kier molecular flexibility index (Phi) is 5.68. The van der Waals surface area contributed by atoms with Crippen molar-refractivity contribution in [3.63, 3.8) is 0 Å². The van der Waals surface area contributed by atoms with Crippen LogP contribution in [0, 0.1) is 5.92 Å². The van der Waals surface area contributed by atoms with Crippen molar-refractivity contribution in [2.45, 2.75) is 45.3 Å². The minimum atomic E-state index is -0.540. The topological polar surface area (TPSA) is 132 Å². The molecule has 3 aromatic heterocycles. The number of rotatable bonds is 5. The Balaban J connectivity index is 1.64. The van der Waals surface area contributed by atoms with Gasteiger partial charge >= 0.3 is 0 Å². The summed E-state index contributed by atoms with van der Waals surface area (Å²) in [4.78, 5) is 24.0. The number of hydrogen-bond acceptors (Lipinski definition) is 8. The first kappa shape index (κ1) is 21.3. The number of pyridine rings is 2. The zero-order valence-electron chi connectivity index (χ0n) is 18.1. The fraction of sp³-hybridized carbons (Fsp3) is 0.435. The fourth-order valence-corrected chi connectivity index (χ4v) is 4.23. The van der Waals surface area contributed by atoms with E-state index in [0.717, 1.165) is 16.8 Å². The molecule has 0 spiro atoms. The Bertz CT molecular complexity index is 1100. The maximum absolute atomic E-state index is 13.3. The number of Topliss-reactive ketones (excluding diaryl/α,β-unsaturated/α-hetero) is 1. The molecule has 1 fully saturated rings. The largest absolute Gasteiger partial charge is 0.438 e. The number of carbonyl (C=O) groups excluding carboxylic acids is 1. The lowest BCUT2D eigenvalue weighted by Gasteiger charge is -2.40. The minimum Gasteiger partial charge on any atom is -0.438 e. The lowest BCUT2D eigenvalue weighted by atomic mass is 9.92. The molecule has 4 rings (SSSR count). The standard InChI is InChI=1S/C23H29N5O3/c1-12(2)14-7-19-21(27-9-14)20(23(25)31-19)18(29)6-15-8-26-5-4-17(15)28-10-13(3)22(30)16(24)11-28/h4-5,7-9,12-13,16,22,30H,6,10-11,24-25H2,1-3H3/t13-,16+,22+/m0/s1. The summed E-state index contributed by atoms with van der Waals surface area (Å²) in [5.74, 6) is 0.214. The van der Waals surface area contributed by atoms with Crippen molar-refractivity contribution in [1.82, 2.24) is 9.97 Å². The summed E-state index contributed by atoms with van der Waals surface area (Å²) in [6.45, 7) is 7.26. The Hall–Kier alpha value is -2.97. The Morgan fingerprint density at radius 2 is 2.13 bits per heavy atom. The number of hydrogen-bond donors (Lipinski definition) is 3. The van der Waals surface area contributed by atoms with Crippen LogP contribution in [0.25, 0.3) is 11.1 Å². The van der Waals surface area contributed by atoms with Gasteiger partial charge in [-0.1, -0.05) is 20.8 Å². The van der Waals surface area contributed by atoms with Crippen molar-refractivity contribution in [1.29, 1.82) is 0 Å². The number of aromatic nitrogens is 2. The van der Waals surface area contributed by atoms with Crippen LogP contribution in [0.5, 0.6) is 0 Å². The monoisotopic (exact) mass is 423 g/mol. The van der Waals surface area contributed by atoms with Crippen LogP contribution in [0.1, 0.15) is 48.2 Å². The van der Waals surface area contributed by atoms with Gasteiger partial charge in [-0.2, -0.15) is 0 Å². The molecular formula is C23H29N5O3. The summed E-state index contributed by atoms with van der Waals surface area (Å²) >= 11 is 0. The van der Waals surface area contributed by atoms with E-state index >= 15 is 0 Å². The molecule has 0 radical (unpaired) electrons. The summed E-state index contributed by atoms with van der Waals surface area (Å²) in [6.07, 6.45) is 4.72. The molecule has 164 valence electrons. The highest BCUT2D eigenvalue weighted by Gasteiger charge is 2.32. The number of nitrogens with two attached hydrogens (primary N) is 2. The highest BCUT2D eigenvalue weighted by atomic mass is 16.3. The summed E-state index contributed by atoms with van der Waals surface area (Å²) in [5, 5.41) is 10.2. The molecule has 0 aromatic carbocycles. The second-order valence-corrected chi connectivity index (χ2v) is 8.75. The number of nitrogen functional groups attached to an aromatic ring is 1. The van der Waals surface area contributed by atoms with E-state index in [4.69, 9.17) is 15.9 Å². The third-order valence-electron chi connectivity index (χ3n) is 6.05. The molecule has 0 saturated carbocycles. The number of fused-ring (bicyclic) bond motifs is 1. The van der Waals surface area contributed by atoms with Gasteiger partial charge in [0.1, 0.15) is 11.1 Å². The van der Waals surface area contributed by atoms with Gasteiger partial charge in [0.15, 0.2) is 11.4 Å². The average molecular weight is 424 g/mol. The molecule has 31 heavy (non-hydrogen) atoms. The van der Waals surface area contributed by atoms with Crippen molar-refractivity contribution in [3.05, 3.63) is 47.4 Å². The molecule has 0 aliphatic carbocycles. The quantitative estimate of drug-likeness (QED) is 0.533. The van der Waals surface area contributed by atoms with Crippen LogP contribution < -0.4 is 16.4 Å². The van der Waals surface area contributed by atoms with Crippen LogP contribution in [-0.2, 0) is 6.42 Å². The Morgan fingerprint density at radius 3 is 2.84 bits per heavy atom. The molecule has 1 aliphatic heterocycles. The van der Waals surface area contributed by atoms with Crippen molar-refractivity contribution < 1.29 is 14.3 Å². The minimum absolute atomic E-state index is 0.0216. The van der Waals surface area contributed by atoms with Crippen LogP contribution in [0.15, 0.2) is 35.1 Å². The van der Waals surface area contributed by atoms with Gasteiger partial charge in [-0.25, -0.2) is 0 Å². The number of piperidine rings is 1. The third-order valence-corrected chi connectivity index (χ3v) is 6.05. The van der Waals surface area contributed by atoms with Gasteiger partial charge < -0.3 is 25.9 Å². The lowest BCUT2D eigenvalue weighted by molar-refractivity contribution is 0.0784. The van der Waals surface area contributed by atoms with Gasteiger partial charge in [-0.15, -0.1) is 0 Å². The molecule has 3 atom stereocenters. The molecule has 0 bridgehead atoms. The van der Waals surface area contributed by atoms with E-state index in [1.54, 1.807) is 18.6 Å². The highest BCUT2D eigenvalue weighted by Crippen LogP contribution is 2.31. The van der Waals surface area contributed by atoms with Gasteiger partial charge in [0.2, 0.25) is 5.88 Å². The fourth-order valence-electron chi connectivity index (χ4n) is 4.23. The maximum Gasteiger partial charge on any atom is 0.204 e. The number of ketones is 1. The zero-order valence-corrected chi connectivity index (χ0v) is 18.1. The molecule has 1 saturated heterocycles. The number of nitrogens with zero attached hydrogens (tertiary/aromatic N) is 3. The predicted octanol–water partition coefficient (Wildman–Crippen LogP) is 2.50. The molecule has 0 amide bonds. The first-order valence-corrected chi connectivity index (χ1v) is 10.6. The second-order valence-electron chi connectivity index (χ2n) is 8.75. The van der Waals surface area contributed by atoms with Crippen molar-refractivity contribution in [2.24, 2.45) is 11.7 Å². The molecule has 5 N–H and O–H groups in total. The molecule has 4 heterocycles. The van der Waals surface area contributed by atoms with Crippen LogP contribution in [0.2, 0.25) is 0 Å². The van der Waals surface area contributed by atoms with Crippen molar-refractivity contribution in [3.8, 4) is 0 Å². The van der Waals surface area contributed by atoms with Crippen LogP contribution >= 0.6 is 0 Å². The van der Waals surface area contributed by atoms with Crippen molar-refractivity contribution >= 4 is 28.5 Å². The normalized spacial score (nSPS) is 21.7. The summed E-state index contributed by atoms with van der Waals surface area (Å²) in [7, 11) is 0. The SMILES string of the molecule is CC(C)c1cnc2c(C(=O)Cc3cnccc3N3C[C@@H](N)[C@H](O)[C@@H](C)C3)c(N)oc2c1. The maximum atomic E-state index is 13.3. The van der Waals surface area contributed by atoms with E-state index in [1.807, 2.05) is 19.1 Å². The number of carbonyl (C=O) groups is 1. The average Bonchev–Trinajstić information content (AvgIpc) is 3.06. The van der Waals surface area contributed by atoms with Gasteiger partial charge in [0.05, 0.1) is 6.10 Å². The molecule has 0 unspecified atom stereocenters. The summed E-state index contributed by atoms with van der Waals surface area (Å²) in [6, 6.07) is 3.41. The third kappa shape index (κ3) is 4.00. The van der Waals surface area contributed by atoms with Crippen LogP contribution in [-0.4, -0.2) is 46.1 Å². The molecule has 8 nitrogen and oxygen atoms in total. The predicted molar refractivity (Wildman–Crippen MR) is 120 cm³/mol. The van der Waals surface area contributed by atoms with Gasteiger partial charge in [-0.3, -0.25) is 14.8 Å². The summed E-state index contributed by atoms with van der Waals surface area (Å²) in [5.41, 5.74) is 16.2.